The largest absolute Gasteiger partial charge is 0.396 e. The third-order valence-corrected chi connectivity index (χ3v) is 4.24. The van der Waals surface area contributed by atoms with Gasteiger partial charge in [-0.15, -0.1) is 0 Å². The molecule has 2 aromatic heterocycles. The number of fused-ring (bicyclic) bond motifs is 3. The van der Waals surface area contributed by atoms with E-state index in [0.717, 1.165) is 31.2 Å². The van der Waals surface area contributed by atoms with Crippen molar-refractivity contribution < 1.29 is 5.11 Å². The zero-order valence-corrected chi connectivity index (χ0v) is 13.8. The Hall–Kier alpha value is -1.61. The lowest BCUT2D eigenvalue weighted by Crippen LogP contribution is -2.08. The fourth-order valence-corrected chi connectivity index (χ4v) is 3.46. The molecular weight excluding hydrogens is 381 g/mol. The molecule has 0 saturated carbocycles. The van der Waals surface area contributed by atoms with Crippen LogP contribution in [0.15, 0.2) is 18.3 Å². The van der Waals surface area contributed by atoms with Gasteiger partial charge in [0.05, 0.1) is 16.4 Å². The van der Waals surface area contributed by atoms with Gasteiger partial charge in [0.2, 0.25) is 5.95 Å². The van der Waals surface area contributed by atoms with Crippen molar-refractivity contribution in [2.45, 2.75) is 6.42 Å². The minimum Gasteiger partial charge on any atom is -0.396 e. The molecular formula is C14H16IN5O. The number of nitrogen functional groups attached to an aromatic ring is 1. The number of aliphatic hydroxyl groups is 1. The van der Waals surface area contributed by atoms with Gasteiger partial charge in [-0.25, -0.2) is 4.98 Å². The average molecular weight is 397 g/mol. The van der Waals surface area contributed by atoms with E-state index in [0.29, 0.717) is 13.0 Å². The molecule has 6 nitrogen and oxygen atoms in total. The van der Waals surface area contributed by atoms with Crippen LogP contribution in [0.5, 0.6) is 0 Å². The van der Waals surface area contributed by atoms with Gasteiger partial charge in [-0.05, 0) is 41.1 Å². The summed E-state index contributed by atoms with van der Waals surface area (Å²) < 4.78 is 3.21. The van der Waals surface area contributed by atoms with E-state index in [4.69, 9.17) is 10.8 Å². The van der Waals surface area contributed by atoms with Crippen LogP contribution in [0, 0.1) is 3.57 Å². The predicted molar refractivity (Wildman–Crippen MR) is 93.3 cm³/mol. The predicted octanol–water partition coefficient (Wildman–Crippen LogP) is 2.10. The number of nitrogens with one attached hydrogen (secondary N) is 1. The third-order valence-electron chi connectivity index (χ3n) is 3.41. The summed E-state index contributed by atoms with van der Waals surface area (Å²) in [4.78, 5) is 8.67. The van der Waals surface area contributed by atoms with Crippen LogP contribution in [0.4, 0.5) is 11.8 Å². The minimum atomic E-state index is 0.143. The van der Waals surface area contributed by atoms with E-state index in [-0.39, 0.29) is 12.6 Å². The number of aryl methyl sites for hydroxylation is 1. The summed E-state index contributed by atoms with van der Waals surface area (Å²) in [5, 5.41) is 14.2. The number of nitrogens with two attached hydrogens (primary N) is 1. The van der Waals surface area contributed by atoms with Gasteiger partial charge in [-0.3, -0.25) is 0 Å². The normalized spacial score (nSPS) is 11.4. The third kappa shape index (κ3) is 2.51. The van der Waals surface area contributed by atoms with Gasteiger partial charge in [0.1, 0.15) is 5.82 Å². The zero-order valence-electron chi connectivity index (χ0n) is 11.6. The molecule has 110 valence electrons. The quantitative estimate of drug-likeness (QED) is 0.464. The van der Waals surface area contributed by atoms with E-state index < -0.39 is 0 Å². The molecule has 0 unspecified atom stereocenters. The maximum Gasteiger partial charge on any atom is 0.222 e. The Morgan fingerprint density at radius 1 is 1.43 bits per heavy atom. The smallest absolute Gasteiger partial charge is 0.222 e. The number of aliphatic hydroxyl groups excluding tert-OH is 1. The van der Waals surface area contributed by atoms with Crippen molar-refractivity contribution in [1.82, 2.24) is 14.5 Å². The van der Waals surface area contributed by atoms with Crippen LogP contribution in [-0.4, -0.2) is 32.8 Å². The van der Waals surface area contributed by atoms with Crippen LogP contribution in [0.3, 0.4) is 0 Å². The molecule has 1 aromatic carbocycles. The van der Waals surface area contributed by atoms with Crippen LogP contribution in [0.2, 0.25) is 0 Å². The Kier molecular flexibility index (Phi) is 3.85. The minimum absolute atomic E-state index is 0.143. The lowest BCUT2D eigenvalue weighted by atomic mass is 10.1. The Bertz CT molecular complexity index is 814. The molecule has 0 aliphatic carbocycles. The Morgan fingerprint density at radius 2 is 2.24 bits per heavy atom. The van der Waals surface area contributed by atoms with Crippen LogP contribution in [0.25, 0.3) is 21.8 Å². The van der Waals surface area contributed by atoms with Crippen LogP contribution in [-0.2, 0) is 7.05 Å². The second-order valence-corrected chi connectivity index (χ2v) is 6.04. The number of rotatable bonds is 4. The molecule has 3 aromatic rings. The summed E-state index contributed by atoms with van der Waals surface area (Å²) in [5.74, 6) is 0.971. The summed E-state index contributed by atoms with van der Waals surface area (Å²) in [6, 6.07) is 4.09. The van der Waals surface area contributed by atoms with Crippen molar-refractivity contribution in [3.63, 3.8) is 0 Å². The van der Waals surface area contributed by atoms with Gasteiger partial charge >= 0.3 is 0 Å². The van der Waals surface area contributed by atoms with E-state index in [9.17, 15) is 0 Å². The summed E-state index contributed by atoms with van der Waals surface area (Å²) in [6.07, 6.45) is 2.69. The fourth-order valence-electron chi connectivity index (χ4n) is 2.50. The van der Waals surface area contributed by atoms with Gasteiger partial charge in [-0.2, -0.15) is 4.98 Å². The highest BCUT2D eigenvalue weighted by Crippen LogP contribution is 2.33. The van der Waals surface area contributed by atoms with Crippen LogP contribution < -0.4 is 11.1 Å². The number of halogens is 1. The first-order valence-electron chi connectivity index (χ1n) is 6.67. The average Bonchev–Trinajstić information content (AvgIpc) is 2.81. The molecule has 21 heavy (non-hydrogen) atoms. The fraction of sp³-hybridized carbons (Fsp3) is 0.286. The molecule has 0 amide bonds. The Morgan fingerprint density at radius 3 is 3.00 bits per heavy atom. The lowest BCUT2D eigenvalue weighted by Gasteiger charge is -2.11. The van der Waals surface area contributed by atoms with E-state index in [1.54, 1.807) is 0 Å². The number of anilines is 2. The van der Waals surface area contributed by atoms with Crippen molar-refractivity contribution in [3.8, 4) is 0 Å². The molecule has 0 bridgehead atoms. The topological polar surface area (TPSA) is 89.0 Å². The van der Waals surface area contributed by atoms with E-state index in [1.807, 2.05) is 19.3 Å². The molecule has 0 saturated heterocycles. The molecule has 7 heteroatoms. The molecule has 0 aliphatic rings. The lowest BCUT2D eigenvalue weighted by molar-refractivity contribution is 0.292. The molecule has 2 heterocycles. The van der Waals surface area contributed by atoms with E-state index in [1.165, 1.54) is 0 Å². The summed E-state index contributed by atoms with van der Waals surface area (Å²) >= 11 is 2.31. The van der Waals surface area contributed by atoms with E-state index >= 15 is 0 Å². The molecule has 0 aliphatic heterocycles. The van der Waals surface area contributed by atoms with Crippen molar-refractivity contribution in [1.29, 1.82) is 0 Å². The highest BCUT2D eigenvalue weighted by atomic mass is 127. The standard InChI is InChI=1S/C14H16IN5O/c1-20-5-3-8-11-10(7-9(15)12(8)20)18-14(16)19-13(11)17-4-2-6-21/h3,5,7,21H,2,4,6H2,1H3,(H3,16,17,18,19). The molecule has 4 N–H and O–H groups in total. The first-order chi connectivity index (χ1) is 10.1. The molecule has 0 atom stereocenters. The van der Waals surface area contributed by atoms with Gasteiger partial charge < -0.3 is 20.7 Å². The number of hydrogen-bond donors (Lipinski definition) is 3. The number of aromatic nitrogens is 3. The van der Waals surface area contributed by atoms with Gasteiger partial charge in [-0.1, -0.05) is 0 Å². The van der Waals surface area contributed by atoms with Crippen molar-refractivity contribution in [3.05, 3.63) is 21.9 Å². The summed E-state index contributed by atoms with van der Waals surface area (Å²) in [7, 11) is 2.02. The number of hydrogen-bond acceptors (Lipinski definition) is 5. The molecule has 0 spiro atoms. The summed E-state index contributed by atoms with van der Waals surface area (Å²) in [5.41, 5.74) is 7.79. The SMILES string of the molecule is Cn1ccc2c3c(NCCCO)nc(N)nc3cc(I)c21. The molecule has 3 rings (SSSR count). The number of benzene rings is 1. The molecule has 0 radical (unpaired) electrons. The second kappa shape index (κ2) is 5.64. The molecule has 0 fully saturated rings. The van der Waals surface area contributed by atoms with Gasteiger partial charge in [0.25, 0.3) is 0 Å². The van der Waals surface area contributed by atoms with E-state index in [2.05, 4.69) is 48.5 Å². The van der Waals surface area contributed by atoms with Crippen molar-refractivity contribution in [2.75, 3.05) is 24.2 Å². The zero-order chi connectivity index (χ0) is 15.0. The van der Waals surface area contributed by atoms with Crippen molar-refractivity contribution in [2.24, 2.45) is 7.05 Å². The van der Waals surface area contributed by atoms with Gasteiger partial charge in [0.15, 0.2) is 0 Å². The monoisotopic (exact) mass is 397 g/mol. The maximum absolute atomic E-state index is 8.92. The van der Waals surface area contributed by atoms with Crippen molar-refractivity contribution >= 4 is 56.2 Å². The Balaban J connectivity index is 2.28. The summed E-state index contributed by atoms with van der Waals surface area (Å²) in [6.45, 7) is 0.784. The first kappa shape index (κ1) is 14.3. The maximum atomic E-state index is 8.92. The first-order valence-corrected chi connectivity index (χ1v) is 7.75. The number of nitrogens with zero attached hydrogens (tertiary/aromatic N) is 3. The highest BCUT2D eigenvalue weighted by Gasteiger charge is 2.14. The highest BCUT2D eigenvalue weighted by molar-refractivity contribution is 14.1. The Labute approximate surface area is 135 Å². The van der Waals surface area contributed by atoms with Gasteiger partial charge in [0, 0.05) is 35.4 Å². The van der Waals surface area contributed by atoms with Crippen LogP contribution >= 0.6 is 22.6 Å². The van der Waals surface area contributed by atoms with Crippen LogP contribution in [0.1, 0.15) is 6.42 Å². The second-order valence-electron chi connectivity index (χ2n) is 4.88.